The fraction of sp³-hybridized carbons (Fsp3) is 0.417. The number of benzene rings is 1. The zero-order valence-electron chi connectivity index (χ0n) is 9.32. The van der Waals surface area contributed by atoms with Gasteiger partial charge >= 0.3 is 0 Å². The molecule has 17 heavy (non-hydrogen) atoms. The van der Waals surface area contributed by atoms with Crippen LogP contribution in [0.3, 0.4) is 0 Å². The molecule has 0 amide bonds. The van der Waals surface area contributed by atoms with Crippen molar-refractivity contribution in [3.63, 3.8) is 0 Å². The summed E-state index contributed by atoms with van der Waals surface area (Å²) in [4.78, 5) is 12.0. The molecule has 0 aliphatic heterocycles. The summed E-state index contributed by atoms with van der Waals surface area (Å²) < 4.78 is 0. The van der Waals surface area contributed by atoms with Gasteiger partial charge in [-0.3, -0.25) is 4.79 Å². The zero-order chi connectivity index (χ0) is 12.7. The van der Waals surface area contributed by atoms with Gasteiger partial charge in [-0.05, 0) is 24.5 Å². The van der Waals surface area contributed by atoms with Gasteiger partial charge in [-0.2, -0.15) is 0 Å². The number of aliphatic hydroxyl groups is 1. The second-order valence-electron chi connectivity index (χ2n) is 4.65. The maximum atomic E-state index is 12.0. The molecule has 0 heterocycles. The Kier molecular flexibility index (Phi) is 3.06. The van der Waals surface area contributed by atoms with Crippen molar-refractivity contribution in [2.24, 2.45) is 5.73 Å². The molecule has 2 rings (SSSR count). The van der Waals surface area contributed by atoms with Gasteiger partial charge in [0.1, 0.15) is 13.4 Å². The van der Waals surface area contributed by atoms with Crippen molar-refractivity contribution in [3.8, 4) is 0 Å². The fourth-order valence-corrected chi connectivity index (χ4v) is 2.60. The number of carbonyl (C=O) groups excluding carboxylic acids is 1. The Bertz CT molecular complexity index is 464. The first kappa shape index (κ1) is 12.6. The maximum absolute atomic E-state index is 12.0. The maximum Gasteiger partial charge on any atom is 0.157 e. The minimum Gasteiger partial charge on any atom is -0.400 e. The van der Waals surface area contributed by atoms with Gasteiger partial charge in [0.05, 0.1) is 0 Å². The average Bonchev–Trinajstić information content (AvgIpc) is 2.24. The van der Waals surface area contributed by atoms with Gasteiger partial charge in [0.25, 0.3) is 0 Å². The predicted molar refractivity (Wildman–Crippen MR) is 66.9 cm³/mol. The number of hydrogen-bond donors (Lipinski definition) is 2. The van der Waals surface area contributed by atoms with Crippen LogP contribution in [0.1, 0.15) is 24.8 Å². The Morgan fingerprint density at radius 3 is 2.71 bits per heavy atom. The number of halogens is 1. The third kappa shape index (κ3) is 2.25. The highest BCUT2D eigenvalue weighted by molar-refractivity contribution is 6.31. The van der Waals surface area contributed by atoms with Crippen molar-refractivity contribution in [1.82, 2.24) is 0 Å². The minimum atomic E-state index is -1.41. The summed E-state index contributed by atoms with van der Waals surface area (Å²) in [6, 6.07) is 6.88. The lowest BCUT2D eigenvalue weighted by Crippen LogP contribution is -2.55. The van der Waals surface area contributed by atoms with Crippen molar-refractivity contribution in [3.05, 3.63) is 34.9 Å². The number of ketones is 1. The van der Waals surface area contributed by atoms with Gasteiger partial charge in [0.2, 0.25) is 0 Å². The quantitative estimate of drug-likeness (QED) is 0.733. The normalized spacial score (nSPS) is 33.7. The van der Waals surface area contributed by atoms with E-state index in [4.69, 9.17) is 25.2 Å². The Balaban J connectivity index is 2.47. The van der Waals surface area contributed by atoms with Gasteiger partial charge in [-0.1, -0.05) is 29.8 Å². The van der Waals surface area contributed by atoms with Gasteiger partial charge in [-0.15, -0.1) is 0 Å². The van der Waals surface area contributed by atoms with Gasteiger partial charge < -0.3 is 10.8 Å². The van der Waals surface area contributed by atoms with Crippen LogP contribution in [0.5, 0.6) is 0 Å². The monoisotopic (exact) mass is 249 g/mol. The molecule has 0 spiro atoms. The molecule has 2 radical (unpaired) electrons. The molecule has 5 heteroatoms. The molecule has 1 aromatic rings. The molecule has 0 aromatic heterocycles. The Morgan fingerprint density at radius 1 is 1.41 bits per heavy atom. The van der Waals surface area contributed by atoms with Crippen molar-refractivity contribution in [2.45, 2.75) is 30.3 Å². The van der Waals surface area contributed by atoms with Gasteiger partial charge in [0, 0.05) is 16.9 Å². The van der Waals surface area contributed by atoms with Crippen LogP contribution in [0.15, 0.2) is 24.3 Å². The van der Waals surface area contributed by atoms with E-state index in [1.54, 1.807) is 24.3 Å². The lowest BCUT2D eigenvalue weighted by molar-refractivity contribution is -0.130. The fourth-order valence-electron chi connectivity index (χ4n) is 2.29. The topological polar surface area (TPSA) is 63.3 Å². The molecular weight excluding hydrogens is 236 g/mol. The summed E-state index contributed by atoms with van der Waals surface area (Å²) in [5.41, 5.74) is 3.94. The second kappa shape index (κ2) is 4.12. The van der Waals surface area contributed by atoms with Crippen LogP contribution >= 0.6 is 11.6 Å². The van der Waals surface area contributed by atoms with Gasteiger partial charge in [0.15, 0.2) is 5.78 Å². The molecule has 0 saturated heterocycles. The van der Waals surface area contributed by atoms with E-state index >= 15 is 0 Å². The molecule has 3 nitrogen and oxygen atoms in total. The smallest absolute Gasteiger partial charge is 0.157 e. The van der Waals surface area contributed by atoms with Crippen LogP contribution in [0.25, 0.3) is 0 Å². The largest absolute Gasteiger partial charge is 0.400 e. The molecule has 1 aromatic carbocycles. The lowest BCUT2D eigenvalue weighted by Gasteiger charge is -2.41. The molecular formula is C12H13BClNO2. The SMILES string of the molecule is [B]C1(O)CCC(=O)C(N)(c2ccccc2Cl)C1. The number of hydrogen-bond acceptors (Lipinski definition) is 3. The average molecular weight is 250 g/mol. The zero-order valence-corrected chi connectivity index (χ0v) is 10.1. The van der Waals surface area contributed by atoms with E-state index in [9.17, 15) is 9.90 Å². The van der Waals surface area contributed by atoms with E-state index in [2.05, 4.69) is 0 Å². The van der Waals surface area contributed by atoms with Crippen molar-refractivity contribution in [2.75, 3.05) is 0 Å². The lowest BCUT2D eigenvalue weighted by atomic mass is 9.62. The molecule has 88 valence electrons. The van der Waals surface area contributed by atoms with E-state index in [1.165, 1.54) is 0 Å². The first-order valence-electron chi connectivity index (χ1n) is 5.44. The van der Waals surface area contributed by atoms with Gasteiger partial charge in [-0.25, -0.2) is 0 Å². The minimum absolute atomic E-state index is 0.0113. The summed E-state index contributed by atoms with van der Waals surface area (Å²) in [5, 5.41) is 10.3. The van der Waals surface area contributed by atoms with Crippen LogP contribution in [0.4, 0.5) is 0 Å². The van der Waals surface area contributed by atoms with Crippen molar-refractivity contribution in [1.29, 1.82) is 0 Å². The standard InChI is InChI=1S/C12H13BClNO2/c13-11(17)6-5-10(16)12(15,7-11)8-3-1-2-4-9(8)14/h1-4,17H,5-7,15H2. The molecule has 2 unspecified atom stereocenters. The van der Waals surface area contributed by atoms with E-state index in [0.717, 1.165) is 0 Å². The van der Waals surface area contributed by atoms with E-state index in [1.807, 2.05) is 0 Å². The molecule has 1 fully saturated rings. The van der Waals surface area contributed by atoms with Crippen LogP contribution in [-0.2, 0) is 10.3 Å². The highest BCUT2D eigenvalue weighted by Gasteiger charge is 2.46. The number of nitrogens with two attached hydrogens (primary N) is 1. The van der Waals surface area contributed by atoms with Crippen molar-refractivity contribution < 1.29 is 9.90 Å². The van der Waals surface area contributed by atoms with Crippen molar-refractivity contribution >= 4 is 25.2 Å². The highest BCUT2D eigenvalue weighted by Crippen LogP contribution is 2.39. The summed E-state index contributed by atoms with van der Waals surface area (Å²) >= 11 is 6.05. The third-order valence-electron chi connectivity index (χ3n) is 3.22. The highest BCUT2D eigenvalue weighted by atomic mass is 35.5. The predicted octanol–water partition coefficient (Wildman–Crippen LogP) is 1.10. The molecule has 1 aliphatic carbocycles. The Morgan fingerprint density at radius 2 is 2.06 bits per heavy atom. The molecule has 3 N–H and O–H groups in total. The van der Waals surface area contributed by atoms with Crippen LogP contribution in [0, 0.1) is 0 Å². The van der Waals surface area contributed by atoms with E-state index in [-0.39, 0.29) is 25.0 Å². The first-order valence-corrected chi connectivity index (χ1v) is 5.81. The third-order valence-corrected chi connectivity index (χ3v) is 3.55. The molecule has 0 bridgehead atoms. The van der Waals surface area contributed by atoms with E-state index < -0.39 is 11.0 Å². The summed E-state index contributed by atoms with van der Waals surface area (Å²) in [6.45, 7) is 0. The molecule has 1 aliphatic rings. The van der Waals surface area contributed by atoms with E-state index in [0.29, 0.717) is 10.6 Å². The van der Waals surface area contributed by atoms with Crippen LogP contribution in [-0.4, -0.2) is 24.2 Å². The van der Waals surface area contributed by atoms with Crippen LogP contribution in [0.2, 0.25) is 5.02 Å². The summed E-state index contributed by atoms with van der Waals surface area (Å²) in [5.74, 6) is -0.138. The number of Topliss-reactive ketones (excluding diaryl/α,β-unsaturated/α-hetero) is 1. The summed E-state index contributed by atoms with van der Waals surface area (Å²) in [6.07, 6.45) is 0.381. The number of carbonyl (C=O) groups is 1. The Labute approximate surface area is 106 Å². The second-order valence-corrected chi connectivity index (χ2v) is 5.06. The molecule has 2 atom stereocenters. The summed E-state index contributed by atoms with van der Waals surface area (Å²) in [7, 11) is 5.68. The molecule has 1 saturated carbocycles. The van der Waals surface area contributed by atoms with Crippen LogP contribution < -0.4 is 5.73 Å². The number of rotatable bonds is 1. The Hall–Kier alpha value is -0.835. The first-order chi connectivity index (χ1) is 7.85.